The van der Waals surface area contributed by atoms with Crippen LogP contribution in [0, 0.1) is 6.92 Å². The van der Waals surface area contributed by atoms with Gasteiger partial charge in [0.05, 0.1) is 5.56 Å². The highest BCUT2D eigenvalue weighted by molar-refractivity contribution is 9.08. The Bertz CT molecular complexity index is 382. The van der Waals surface area contributed by atoms with Crippen molar-refractivity contribution in [3.05, 3.63) is 34.9 Å². The number of carbonyl (C=O) groups excluding carboxylic acids is 2. The quantitative estimate of drug-likeness (QED) is 0.745. The van der Waals surface area contributed by atoms with Crippen LogP contribution in [0.4, 0.5) is 13.2 Å². The van der Waals surface area contributed by atoms with Gasteiger partial charge >= 0.3 is 12.3 Å². The molecule has 0 fully saturated rings. The summed E-state index contributed by atoms with van der Waals surface area (Å²) in [5.74, 6) is 0. The molecule has 0 aliphatic carbocycles. The van der Waals surface area contributed by atoms with Crippen molar-refractivity contribution >= 4 is 22.1 Å². The average Bonchev–Trinajstić information content (AvgIpc) is 2.17. The van der Waals surface area contributed by atoms with E-state index in [9.17, 15) is 13.2 Å². The van der Waals surface area contributed by atoms with Gasteiger partial charge in [-0.2, -0.15) is 22.8 Å². The molecule has 0 aromatic heterocycles. The topological polar surface area (TPSA) is 34.1 Å². The first-order valence-electron chi connectivity index (χ1n) is 4.08. The van der Waals surface area contributed by atoms with Crippen LogP contribution < -0.4 is 0 Å². The number of rotatable bonds is 1. The third-order valence-electron chi connectivity index (χ3n) is 1.71. The van der Waals surface area contributed by atoms with Crippen LogP contribution in [0.15, 0.2) is 18.2 Å². The molecule has 0 unspecified atom stereocenters. The summed E-state index contributed by atoms with van der Waals surface area (Å²) in [5.41, 5.74) is 0.347. The molecule has 1 aromatic rings. The SMILES string of the molecule is Cc1ccc(CBr)c(C(F)(F)F)c1.O=C=O. The van der Waals surface area contributed by atoms with Gasteiger partial charge in [0.15, 0.2) is 0 Å². The fourth-order valence-corrected chi connectivity index (χ4v) is 1.56. The first-order chi connectivity index (χ1) is 7.36. The van der Waals surface area contributed by atoms with Crippen LogP contribution >= 0.6 is 15.9 Å². The molecule has 1 aromatic carbocycles. The van der Waals surface area contributed by atoms with Crippen LogP contribution in [-0.2, 0) is 21.1 Å². The maximum atomic E-state index is 12.4. The molecule has 0 spiro atoms. The van der Waals surface area contributed by atoms with Crippen LogP contribution in [0.2, 0.25) is 0 Å². The van der Waals surface area contributed by atoms with E-state index in [1.807, 2.05) is 0 Å². The van der Waals surface area contributed by atoms with Gasteiger partial charge in [0.25, 0.3) is 0 Å². The lowest BCUT2D eigenvalue weighted by molar-refractivity contribution is -0.191. The molecular formula is C10H8BrF3O2. The number of aryl methyl sites for hydroxylation is 1. The van der Waals surface area contributed by atoms with Gasteiger partial charge in [-0.05, 0) is 18.6 Å². The van der Waals surface area contributed by atoms with Gasteiger partial charge in [-0.3, -0.25) is 0 Å². The molecule has 0 aliphatic rings. The lowest BCUT2D eigenvalue weighted by atomic mass is 10.1. The molecule has 0 radical (unpaired) electrons. The number of hydrogen-bond acceptors (Lipinski definition) is 2. The first kappa shape index (κ1) is 14.9. The zero-order valence-electron chi connectivity index (χ0n) is 8.27. The highest BCUT2D eigenvalue weighted by atomic mass is 79.9. The Morgan fingerprint density at radius 2 is 1.81 bits per heavy atom. The predicted octanol–water partition coefficient (Wildman–Crippen LogP) is 3.33. The molecule has 6 heteroatoms. The number of hydrogen-bond donors (Lipinski definition) is 0. The van der Waals surface area contributed by atoms with E-state index in [0.717, 1.165) is 6.07 Å². The summed E-state index contributed by atoms with van der Waals surface area (Å²) in [6.07, 6.45) is -4.00. The third-order valence-corrected chi connectivity index (χ3v) is 2.32. The van der Waals surface area contributed by atoms with Gasteiger partial charge in [0, 0.05) is 5.33 Å². The van der Waals surface area contributed by atoms with Gasteiger partial charge in [0.2, 0.25) is 0 Å². The van der Waals surface area contributed by atoms with Crippen molar-refractivity contribution in [2.75, 3.05) is 0 Å². The average molecular weight is 297 g/mol. The van der Waals surface area contributed by atoms with E-state index >= 15 is 0 Å². The normalized spacial score (nSPS) is 10.1. The van der Waals surface area contributed by atoms with Crippen LogP contribution in [0.5, 0.6) is 0 Å². The first-order valence-corrected chi connectivity index (χ1v) is 5.21. The van der Waals surface area contributed by atoms with Crippen molar-refractivity contribution < 1.29 is 22.8 Å². The van der Waals surface area contributed by atoms with Gasteiger partial charge in [0.1, 0.15) is 0 Å². The minimum atomic E-state index is -4.25. The second-order valence-corrected chi connectivity index (χ2v) is 3.44. The molecule has 0 heterocycles. The summed E-state index contributed by atoms with van der Waals surface area (Å²) in [7, 11) is 0. The summed E-state index contributed by atoms with van der Waals surface area (Å²) in [6.45, 7) is 1.65. The van der Waals surface area contributed by atoms with Crippen molar-refractivity contribution in [2.24, 2.45) is 0 Å². The molecule has 0 amide bonds. The van der Waals surface area contributed by atoms with E-state index in [4.69, 9.17) is 9.59 Å². The van der Waals surface area contributed by atoms with E-state index in [1.165, 1.54) is 6.07 Å². The third kappa shape index (κ3) is 4.59. The highest BCUT2D eigenvalue weighted by Gasteiger charge is 2.32. The largest absolute Gasteiger partial charge is 0.416 e. The van der Waals surface area contributed by atoms with Crippen LogP contribution in [0.1, 0.15) is 16.7 Å². The molecule has 0 bridgehead atoms. The zero-order valence-corrected chi connectivity index (χ0v) is 9.85. The van der Waals surface area contributed by atoms with E-state index in [1.54, 1.807) is 13.0 Å². The predicted molar refractivity (Wildman–Crippen MR) is 53.8 cm³/mol. The van der Waals surface area contributed by atoms with Crippen molar-refractivity contribution in [1.29, 1.82) is 0 Å². The second kappa shape index (κ2) is 6.45. The molecule has 0 N–H and O–H groups in total. The van der Waals surface area contributed by atoms with Gasteiger partial charge in [-0.25, -0.2) is 0 Å². The molecular weight excluding hydrogens is 289 g/mol. The molecule has 1 rings (SSSR count). The molecule has 16 heavy (non-hydrogen) atoms. The lowest BCUT2D eigenvalue weighted by Gasteiger charge is -2.11. The highest BCUT2D eigenvalue weighted by Crippen LogP contribution is 2.33. The van der Waals surface area contributed by atoms with Crippen molar-refractivity contribution in [3.63, 3.8) is 0 Å². The Balaban J connectivity index is 0.000000673. The molecule has 0 atom stereocenters. The van der Waals surface area contributed by atoms with E-state index < -0.39 is 11.7 Å². The van der Waals surface area contributed by atoms with Crippen LogP contribution in [-0.4, -0.2) is 6.15 Å². The maximum Gasteiger partial charge on any atom is 0.416 e. The van der Waals surface area contributed by atoms with Crippen molar-refractivity contribution in [3.8, 4) is 0 Å². The lowest BCUT2D eigenvalue weighted by Crippen LogP contribution is -2.08. The van der Waals surface area contributed by atoms with Gasteiger partial charge in [-0.1, -0.05) is 33.6 Å². The monoisotopic (exact) mass is 296 g/mol. The van der Waals surface area contributed by atoms with E-state index in [-0.39, 0.29) is 17.0 Å². The van der Waals surface area contributed by atoms with Gasteiger partial charge < -0.3 is 0 Å². The molecule has 0 saturated carbocycles. The van der Waals surface area contributed by atoms with Crippen LogP contribution in [0.3, 0.4) is 0 Å². The molecule has 0 saturated heterocycles. The fourth-order valence-electron chi connectivity index (χ4n) is 1.07. The zero-order chi connectivity index (χ0) is 12.8. The van der Waals surface area contributed by atoms with Gasteiger partial charge in [-0.15, -0.1) is 0 Å². The Hall–Kier alpha value is -1.13. The molecule has 88 valence electrons. The minimum absolute atomic E-state index is 0.224. The fraction of sp³-hybridized carbons (Fsp3) is 0.300. The smallest absolute Gasteiger partial charge is 0.186 e. The summed E-state index contributed by atoms with van der Waals surface area (Å²) in [5, 5.41) is 0.224. The van der Waals surface area contributed by atoms with E-state index in [0.29, 0.717) is 5.56 Å². The Labute approximate surface area is 98.6 Å². The standard InChI is InChI=1S/C9H8BrF3.CO2/c1-6-2-3-7(5-10)8(4-6)9(11,12)13;2-1-3/h2-4H,5H2,1H3;. The Kier molecular flexibility index (Phi) is 6.00. The van der Waals surface area contributed by atoms with Crippen molar-refractivity contribution in [1.82, 2.24) is 0 Å². The molecule has 0 aliphatic heterocycles. The summed E-state index contributed by atoms with van der Waals surface area (Å²) >= 11 is 3.03. The minimum Gasteiger partial charge on any atom is -0.186 e. The Morgan fingerprint density at radius 3 is 2.19 bits per heavy atom. The Morgan fingerprint density at radius 1 is 1.31 bits per heavy atom. The van der Waals surface area contributed by atoms with E-state index in [2.05, 4.69) is 15.9 Å². The summed E-state index contributed by atoms with van der Waals surface area (Å²) < 4.78 is 37.2. The maximum absolute atomic E-state index is 12.4. The van der Waals surface area contributed by atoms with Crippen molar-refractivity contribution in [2.45, 2.75) is 18.4 Å². The second-order valence-electron chi connectivity index (χ2n) is 2.88. The summed E-state index contributed by atoms with van der Waals surface area (Å²) in [6, 6.07) is 4.33. The number of benzene rings is 1. The number of halogens is 4. The number of alkyl halides is 4. The van der Waals surface area contributed by atoms with Crippen LogP contribution in [0.25, 0.3) is 0 Å². The summed E-state index contributed by atoms with van der Waals surface area (Å²) in [4.78, 5) is 16.2. The molecule has 2 nitrogen and oxygen atoms in total.